The Balaban J connectivity index is 1.65. The number of nitrogens with zero attached hydrogens (tertiary/aromatic N) is 3. The number of rotatable bonds is 7. The summed E-state index contributed by atoms with van der Waals surface area (Å²) in [4.78, 5) is 16.6. The third kappa shape index (κ3) is 4.58. The molecule has 0 aliphatic carbocycles. The number of ether oxygens (including phenoxy) is 2. The predicted molar refractivity (Wildman–Crippen MR) is 110 cm³/mol. The number of halogens is 1. The lowest BCUT2D eigenvalue weighted by Gasteiger charge is -2.08. The molecular weight excluding hydrogens is 424 g/mol. The Kier molecular flexibility index (Phi) is 6.43. The van der Waals surface area contributed by atoms with E-state index in [0.717, 1.165) is 21.5 Å². The molecule has 0 atom stereocenters. The van der Waals surface area contributed by atoms with Crippen molar-refractivity contribution in [3.8, 4) is 11.6 Å². The molecule has 0 aliphatic rings. The lowest BCUT2D eigenvalue weighted by atomic mass is 10.2. The van der Waals surface area contributed by atoms with E-state index in [1.165, 1.54) is 0 Å². The molecule has 2 heterocycles. The van der Waals surface area contributed by atoms with Crippen molar-refractivity contribution in [2.45, 2.75) is 13.8 Å². The van der Waals surface area contributed by atoms with Crippen molar-refractivity contribution >= 4 is 27.5 Å². The van der Waals surface area contributed by atoms with Crippen LogP contribution in [0.15, 0.2) is 47.1 Å². The number of pyridine rings is 1. The van der Waals surface area contributed by atoms with Gasteiger partial charge >= 0.3 is 0 Å². The largest absolute Gasteiger partial charge is 0.475 e. The van der Waals surface area contributed by atoms with Crippen LogP contribution >= 0.6 is 15.9 Å². The van der Waals surface area contributed by atoms with Gasteiger partial charge in [-0.25, -0.2) is 9.67 Å². The average molecular weight is 445 g/mol. The highest BCUT2D eigenvalue weighted by atomic mass is 79.9. The topological polar surface area (TPSA) is 78.3 Å². The van der Waals surface area contributed by atoms with Gasteiger partial charge in [-0.1, -0.05) is 0 Å². The van der Waals surface area contributed by atoms with Gasteiger partial charge in [-0.3, -0.25) is 4.79 Å². The summed E-state index contributed by atoms with van der Waals surface area (Å²) >= 11 is 3.53. The van der Waals surface area contributed by atoms with Crippen LogP contribution in [0.5, 0.6) is 5.88 Å². The molecule has 0 saturated carbocycles. The van der Waals surface area contributed by atoms with Crippen LogP contribution in [0.4, 0.5) is 5.69 Å². The second-order valence-electron chi connectivity index (χ2n) is 6.12. The molecule has 0 bridgehead atoms. The molecule has 0 radical (unpaired) electrons. The third-order valence-electron chi connectivity index (χ3n) is 4.11. The van der Waals surface area contributed by atoms with Gasteiger partial charge in [-0.05, 0) is 60.1 Å². The first-order chi connectivity index (χ1) is 13.5. The van der Waals surface area contributed by atoms with Gasteiger partial charge in [0.2, 0.25) is 5.88 Å². The maximum atomic E-state index is 12.5. The van der Waals surface area contributed by atoms with Gasteiger partial charge in [-0.15, -0.1) is 0 Å². The van der Waals surface area contributed by atoms with Gasteiger partial charge in [0.05, 0.1) is 40.0 Å². The Morgan fingerprint density at radius 2 is 1.89 bits per heavy atom. The van der Waals surface area contributed by atoms with Gasteiger partial charge in [0.15, 0.2) is 0 Å². The number of carbonyl (C=O) groups is 1. The number of amides is 1. The van der Waals surface area contributed by atoms with E-state index in [-0.39, 0.29) is 5.91 Å². The van der Waals surface area contributed by atoms with Gasteiger partial charge < -0.3 is 14.8 Å². The molecule has 8 heteroatoms. The van der Waals surface area contributed by atoms with Crippen molar-refractivity contribution in [1.82, 2.24) is 14.8 Å². The van der Waals surface area contributed by atoms with Crippen molar-refractivity contribution in [3.05, 3.63) is 64.0 Å². The van der Waals surface area contributed by atoms with Crippen molar-refractivity contribution in [2.24, 2.45) is 0 Å². The summed E-state index contributed by atoms with van der Waals surface area (Å²) in [6, 6.07) is 10.7. The quantitative estimate of drug-likeness (QED) is 0.558. The summed E-state index contributed by atoms with van der Waals surface area (Å²) in [6.07, 6.45) is 1.56. The van der Waals surface area contributed by atoms with Crippen LogP contribution in [0.25, 0.3) is 5.69 Å². The van der Waals surface area contributed by atoms with Crippen LogP contribution in [-0.2, 0) is 4.74 Å². The van der Waals surface area contributed by atoms with Crippen molar-refractivity contribution in [3.63, 3.8) is 0 Å². The van der Waals surface area contributed by atoms with Crippen LogP contribution in [0.1, 0.15) is 21.7 Å². The van der Waals surface area contributed by atoms with Crippen LogP contribution in [0, 0.1) is 13.8 Å². The number of carbonyl (C=O) groups excluding carboxylic acids is 1. The molecule has 1 aromatic carbocycles. The zero-order valence-electron chi connectivity index (χ0n) is 15.9. The molecule has 28 heavy (non-hydrogen) atoms. The van der Waals surface area contributed by atoms with Gasteiger partial charge in [0.1, 0.15) is 6.61 Å². The molecule has 1 amide bonds. The first-order valence-electron chi connectivity index (χ1n) is 8.71. The maximum Gasteiger partial charge on any atom is 0.255 e. The van der Waals surface area contributed by atoms with E-state index < -0.39 is 0 Å². The van der Waals surface area contributed by atoms with E-state index in [1.807, 2.05) is 30.7 Å². The van der Waals surface area contributed by atoms with Crippen molar-refractivity contribution in [2.75, 3.05) is 25.6 Å². The monoisotopic (exact) mass is 444 g/mol. The number of nitrogens with one attached hydrogen (secondary N) is 1. The highest BCUT2D eigenvalue weighted by molar-refractivity contribution is 9.10. The summed E-state index contributed by atoms with van der Waals surface area (Å²) < 4.78 is 13.2. The zero-order valence-corrected chi connectivity index (χ0v) is 17.5. The Labute approximate surface area is 171 Å². The standard InChI is InChI=1S/C20H21BrN4O3/c1-13-19(21)14(2)25(24-13)17-7-4-15(5-8-17)20(26)23-16-6-9-18(22-12-16)28-11-10-27-3/h4-9,12H,10-11H2,1-3H3,(H,23,26). The molecule has 3 rings (SSSR count). The van der Waals surface area contributed by atoms with E-state index in [0.29, 0.717) is 30.3 Å². The molecule has 0 saturated heterocycles. The first-order valence-corrected chi connectivity index (χ1v) is 9.50. The average Bonchev–Trinajstić information content (AvgIpc) is 2.97. The summed E-state index contributed by atoms with van der Waals surface area (Å²) in [6.45, 7) is 4.84. The second kappa shape index (κ2) is 8.99. The molecule has 7 nitrogen and oxygen atoms in total. The van der Waals surface area contributed by atoms with E-state index in [4.69, 9.17) is 9.47 Å². The Morgan fingerprint density at radius 3 is 2.46 bits per heavy atom. The van der Waals surface area contributed by atoms with Gasteiger partial charge in [0, 0.05) is 18.7 Å². The van der Waals surface area contributed by atoms with Crippen LogP contribution in [-0.4, -0.2) is 41.0 Å². The minimum Gasteiger partial charge on any atom is -0.475 e. The van der Waals surface area contributed by atoms with E-state index in [2.05, 4.69) is 31.3 Å². The normalized spacial score (nSPS) is 10.7. The van der Waals surface area contributed by atoms with Gasteiger partial charge in [0.25, 0.3) is 5.91 Å². The van der Waals surface area contributed by atoms with Crippen LogP contribution in [0.3, 0.4) is 0 Å². The fraction of sp³-hybridized carbons (Fsp3) is 0.250. The fourth-order valence-electron chi connectivity index (χ4n) is 2.60. The third-order valence-corrected chi connectivity index (χ3v) is 5.26. The van der Waals surface area contributed by atoms with E-state index in [9.17, 15) is 4.79 Å². The second-order valence-corrected chi connectivity index (χ2v) is 6.92. The van der Waals surface area contributed by atoms with Crippen molar-refractivity contribution in [1.29, 1.82) is 0 Å². The fourth-order valence-corrected chi connectivity index (χ4v) is 2.85. The molecule has 1 N–H and O–H groups in total. The number of benzene rings is 1. The molecular formula is C20H21BrN4O3. The summed E-state index contributed by atoms with van der Waals surface area (Å²) in [5, 5.41) is 7.32. The molecule has 3 aromatic rings. The zero-order chi connectivity index (χ0) is 20.1. The lowest BCUT2D eigenvalue weighted by molar-refractivity contribution is 0.102. The Bertz CT molecular complexity index is 953. The van der Waals surface area contributed by atoms with Crippen LogP contribution < -0.4 is 10.1 Å². The number of hydrogen-bond acceptors (Lipinski definition) is 5. The number of aromatic nitrogens is 3. The van der Waals surface area contributed by atoms with Gasteiger partial charge in [-0.2, -0.15) is 5.10 Å². The van der Waals surface area contributed by atoms with E-state index >= 15 is 0 Å². The molecule has 0 fully saturated rings. The lowest BCUT2D eigenvalue weighted by Crippen LogP contribution is -2.12. The first kappa shape index (κ1) is 20.0. The summed E-state index contributed by atoms with van der Waals surface area (Å²) in [5.41, 5.74) is 3.96. The number of methoxy groups -OCH3 is 1. The van der Waals surface area contributed by atoms with E-state index in [1.54, 1.807) is 37.6 Å². The molecule has 0 spiro atoms. The molecule has 2 aromatic heterocycles. The smallest absolute Gasteiger partial charge is 0.255 e. The highest BCUT2D eigenvalue weighted by Crippen LogP contribution is 2.23. The SMILES string of the molecule is COCCOc1ccc(NC(=O)c2ccc(-n3nc(C)c(Br)c3C)cc2)cn1. The molecule has 0 aliphatic heterocycles. The number of hydrogen-bond donors (Lipinski definition) is 1. The highest BCUT2D eigenvalue weighted by Gasteiger charge is 2.12. The predicted octanol–water partition coefficient (Wildman–Crippen LogP) is 3.92. The Morgan fingerprint density at radius 1 is 1.14 bits per heavy atom. The van der Waals surface area contributed by atoms with Crippen LogP contribution in [0.2, 0.25) is 0 Å². The minimum absolute atomic E-state index is 0.212. The Hall–Kier alpha value is -2.71. The minimum atomic E-state index is -0.212. The van der Waals surface area contributed by atoms with Crippen molar-refractivity contribution < 1.29 is 14.3 Å². The maximum absolute atomic E-state index is 12.5. The molecule has 146 valence electrons. The molecule has 0 unspecified atom stereocenters. The summed E-state index contributed by atoms with van der Waals surface area (Å²) in [7, 11) is 1.61. The number of anilines is 1. The number of aryl methyl sites for hydroxylation is 1. The summed E-state index contributed by atoms with van der Waals surface area (Å²) in [5.74, 6) is 0.270.